The molecule has 0 aliphatic heterocycles. The van der Waals surface area contributed by atoms with Gasteiger partial charge in [-0.05, 0) is 89.6 Å². The number of carboxylic acids is 1. The number of nitrogens with zero attached hydrogens (tertiary/aromatic N) is 1. The van der Waals surface area contributed by atoms with Gasteiger partial charge in [-0.1, -0.05) is 60.7 Å². The van der Waals surface area contributed by atoms with Crippen molar-refractivity contribution in [2.75, 3.05) is 24.0 Å². The van der Waals surface area contributed by atoms with Crippen molar-refractivity contribution in [2.45, 2.75) is 32.5 Å². The van der Waals surface area contributed by atoms with Crippen LogP contribution in [0.1, 0.15) is 33.5 Å². The molecule has 0 heterocycles. The molecule has 1 amide bonds. The highest BCUT2D eigenvalue weighted by molar-refractivity contribution is 7.98. The molecule has 0 aliphatic rings. The lowest BCUT2D eigenvalue weighted by molar-refractivity contribution is -0.139. The predicted octanol–water partition coefficient (Wildman–Crippen LogP) is 6.81. The van der Waals surface area contributed by atoms with Crippen LogP contribution in [0.15, 0.2) is 97.1 Å². The minimum atomic E-state index is -1.03. The smallest absolute Gasteiger partial charge is 0.326 e. The maximum atomic E-state index is 13.5. The Morgan fingerprint density at radius 1 is 0.878 bits per heavy atom. The second-order valence-electron chi connectivity index (χ2n) is 9.88. The van der Waals surface area contributed by atoms with Crippen molar-refractivity contribution >= 4 is 29.3 Å². The summed E-state index contributed by atoms with van der Waals surface area (Å²) in [4.78, 5) is 27.6. The number of carboxylic acid groups (broad SMARTS) is 1. The van der Waals surface area contributed by atoms with Gasteiger partial charge in [0, 0.05) is 24.3 Å². The van der Waals surface area contributed by atoms with E-state index in [0.29, 0.717) is 30.8 Å². The fraction of sp³-hybridized carbons (Fsp3) is 0.235. The summed E-state index contributed by atoms with van der Waals surface area (Å²) in [7, 11) is 1.67. The van der Waals surface area contributed by atoms with Crippen LogP contribution in [0.4, 0.5) is 5.69 Å². The number of methoxy groups -OCH3 is 1. The Morgan fingerprint density at radius 3 is 2.27 bits per heavy atom. The number of carbonyl (C=O) groups is 2. The van der Waals surface area contributed by atoms with E-state index in [1.54, 1.807) is 18.9 Å². The summed E-state index contributed by atoms with van der Waals surface area (Å²) in [6.07, 6.45) is 2.28. The number of hydrogen-bond donors (Lipinski definition) is 2. The Bertz CT molecular complexity index is 1470. The zero-order valence-electron chi connectivity index (χ0n) is 23.7. The van der Waals surface area contributed by atoms with Crippen molar-refractivity contribution in [3.8, 4) is 16.9 Å². The molecule has 0 aliphatic carbocycles. The van der Waals surface area contributed by atoms with Crippen LogP contribution in [0.5, 0.6) is 5.75 Å². The Labute approximate surface area is 246 Å². The van der Waals surface area contributed by atoms with Crippen LogP contribution in [0.2, 0.25) is 0 Å². The van der Waals surface area contributed by atoms with Gasteiger partial charge in [0.15, 0.2) is 0 Å². The summed E-state index contributed by atoms with van der Waals surface area (Å²) >= 11 is 1.55. The van der Waals surface area contributed by atoms with Gasteiger partial charge in [0.25, 0.3) is 5.91 Å². The highest BCUT2D eigenvalue weighted by atomic mass is 32.2. The van der Waals surface area contributed by atoms with Crippen LogP contribution >= 0.6 is 11.8 Å². The molecule has 1 atom stereocenters. The summed E-state index contributed by atoms with van der Waals surface area (Å²) < 4.78 is 5.44. The van der Waals surface area contributed by atoms with E-state index >= 15 is 0 Å². The number of rotatable bonds is 13. The van der Waals surface area contributed by atoms with Crippen molar-refractivity contribution in [2.24, 2.45) is 0 Å². The van der Waals surface area contributed by atoms with Gasteiger partial charge >= 0.3 is 5.97 Å². The Hall–Kier alpha value is -4.23. The molecule has 0 radical (unpaired) electrons. The number of thioether (sulfide) groups is 1. The third kappa shape index (κ3) is 7.92. The number of benzene rings is 4. The van der Waals surface area contributed by atoms with Crippen LogP contribution < -0.4 is 15.0 Å². The van der Waals surface area contributed by atoms with Crippen LogP contribution in [0.25, 0.3) is 11.1 Å². The second-order valence-corrected chi connectivity index (χ2v) is 10.9. The van der Waals surface area contributed by atoms with Gasteiger partial charge in [-0.2, -0.15) is 11.8 Å². The minimum absolute atomic E-state index is 0.357. The van der Waals surface area contributed by atoms with Gasteiger partial charge in [0.05, 0.1) is 7.11 Å². The van der Waals surface area contributed by atoms with Crippen molar-refractivity contribution in [3.05, 3.63) is 119 Å². The third-order valence-corrected chi connectivity index (χ3v) is 7.62. The summed E-state index contributed by atoms with van der Waals surface area (Å²) in [6.45, 7) is 3.29. The highest BCUT2D eigenvalue weighted by Gasteiger charge is 2.23. The zero-order valence-corrected chi connectivity index (χ0v) is 24.5. The van der Waals surface area contributed by atoms with Crippen molar-refractivity contribution in [1.29, 1.82) is 0 Å². The van der Waals surface area contributed by atoms with E-state index in [-0.39, 0.29) is 5.91 Å². The molecule has 0 spiro atoms. The molecule has 212 valence electrons. The quantitative estimate of drug-likeness (QED) is 0.184. The molecular formula is C34H36N2O4S. The first kappa shape index (κ1) is 29.7. The standard InChI is InChI=1S/C34H36N2O4S/c1-24-10-7-8-15-29(24)31-21-26(16-17-30(31)33(37)35-32(34(38)39)18-19-41-3)23-36(27-12-5-4-6-13-27)22-25-11-9-14-28(20-25)40-2/h4-17,20-21,32H,18-19,22-23H2,1-3H3,(H,35,37)(H,38,39). The number of aryl methyl sites for hydroxylation is 1. The van der Waals surface area contributed by atoms with Crippen molar-refractivity contribution in [1.82, 2.24) is 5.32 Å². The molecule has 2 N–H and O–H groups in total. The number of aliphatic carboxylic acids is 1. The van der Waals surface area contributed by atoms with E-state index in [2.05, 4.69) is 34.5 Å². The number of hydrogen-bond acceptors (Lipinski definition) is 5. The molecule has 4 aromatic carbocycles. The Kier molecular flexibility index (Phi) is 10.5. The topological polar surface area (TPSA) is 78.9 Å². The molecular weight excluding hydrogens is 532 g/mol. The molecule has 0 saturated heterocycles. The first-order valence-electron chi connectivity index (χ1n) is 13.5. The lowest BCUT2D eigenvalue weighted by Crippen LogP contribution is -2.41. The maximum absolute atomic E-state index is 13.5. The number of anilines is 1. The zero-order chi connectivity index (χ0) is 29.2. The Balaban J connectivity index is 1.71. The van der Waals surface area contributed by atoms with Crippen molar-refractivity contribution in [3.63, 3.8) is 0 Å². The molecule has 0 saturated carbocycles. The minimum Gasteiger partial charge on any atom is -0.497 e. The lowest BCUT2D eigenvalue weighted by atomic mass is 9.93. The summed E-state index contributed by atoms with van der Waals surface area (Å²) in [5, 5.41) is 12.4. The fourth-order valence-electron chi connectivity index (χ4n) is 4.80. The maximum Gasteiger partial charge on any atom is 0.326 e. The first-order chi connectivity index (χ1) is 19.9. The van der Waals surface area contributed by atoms with Crippen LogP contribution in [-0.2, 0) is 17.9 Å². The van der Waals surface area contributed by atoms with E-state index in [9.17, 15) is 14.7 Å². The van der Waals surface area contributed by atoms with Crippen LogP contribution in [0, 0.1) is 6.92 Å². The summed E-state index contributed by atoms with van der Waals surface area (Å²) in [5.74, 6) is 0.0331. The molecule has 0 aromatic heterocycles. The Morgan fingerprint density at radius 2 is 1.59 bits per heavy atom. The first-order valence-corrected chi connectivity index (χ1v) is 14.9. The third-order valence-electron chi connectivity index (χ3n) is 6.98. The summed E-state index contributed by atoms with van der Waals surface area (Å²) in [5.41, 5.74) is 6.44. The molecule has 4 rings (SSSR count). The van der Waals surface area contributed by atoms with Crippen molar-refractivity contribution < 1.29 is 19.4 Å². The number of carbonyl (C=O) groups excluding carboxylic acids is 1. The van der Waals surface area contributed by atoms with E-state index < -0.39 is 12.0 Å². The molecule has 6 nitrogen and oxygen atoms in total. The summed E-state index contributed by atoms with van der Waals surface area (Å²) in [6, 6.07) is 31.1. The molecule has 41 heavy (non-hydrogen) atoms. The number of para-hydroxylation sites is 1. The molecule has 0 bridgehead atoms. The average molecular weight is 569 g/mol. The SMILES string of the molecule is COc1cccc(CN(Cc2ccc(C(=O)NC(CCSC)C(=O)O)c(-c3ccccc3C)c2)c2ccccc2)c1. The normalized spacial score (nSPS) is 11.5. The number of nitrogens with one attached hydrogen (secondary N) is 1. The van der Waals surface area contributed by atoms with E-state index in [0.717, 1.165) is 39.3 Å². The monoisotopic (exact) mass is 568 g/mol. The second kappa shape index (κ2) is 14.4. The van der Waals surface area contributed by atoms with Gasteiger partial charge in [0.1, 0.15) is 11.8 Å². The van der Waals surface area contributed by atoms with Gasteiger partial charge < -0.3 is 20.1 Å². The molecule has 4 aromatic rings. The molecule has 1 unspecified atom stereocenters. The van der Waals surface area contributed by atoms with E-state index in [4.69, 9.17) is 4.74 Å². The fourth-order valence-corrected chi connectivity index (χ4v) is 5.28. The van der Waals surface area contributed by atoms with E-state index in [1.807, 2.05) is 86.0 Å². The number of amides is 1. The largest absolute Gasteiger partial charge is 0.497 e. The lowest BCUT2D eigenvalue weighted by Gasteiger charge is -2.26. The van der Waals surface area contributed by atoms with Gasteiger partial charge in [-0.15, -0.1) is 0 Å². The molecule has 0 fully saturated rings. The predicted molar refractivity (Wildman–Crippen MR) is 168 cm³/mol. The number of ether oxygens (including phenoxy) is 1. The average Bonchev–Trinajstić information content (AvgIpc) is 2.99. The van der Waals surface area contributed by atoms with E-state index in [1.165, 1.54) is 0 Å². The van der Waals surface area contributed by atoms with Gasteiger partial charge in [-0.3, -0.25) is 4.79 Å². The van der Waals surface area contributed by atoms with Crippen LogP contribution in [0.3, 0.4) is 0 Å². The van der Waals surface area contributed by atoms with Gasteiger partial charge in [0.2, 0.25) is 0 Å². The highest BCUT2D eigenvalue weighted by Crippen LogP contribution is 2.30. The van der Waals surface area contributed by atoms with Gasteiger partial charge in [-0.25, -0.2) is 4.79 Å². The van der Waals surface area contributed by atoms with Crippen LogP contribution in [-0.4, -0.2) is 42.1 Å². The molecule has 7 heteroatoms.